The molecule has 0 unspecified atom stereocenters. The Morgan fingerprint density at radius 3 is 2.82 bits per heavy atom. The number of nitrogens with two attached hydrogens (primary N) is 1. The molecule has 0 bridgehead atoms. The molecule has 28 heavy (non-hydrogen) atoms. The number of rotatable bonds is 5. The number of carbonyl (C=O) groups excluding carboxylic acids is 1. The molecule has 0 radical (unpaired) electrons. The van der Waals surface area contributed by atoms with Crippen LogP contribution >= 0.6 is 0 Å². The van der Waals surface area contributed by atoms with Crippen molar-refractivity contribution < 1.29 is 4.79 Å². The van der Waals surface area contributed by atoms with Crippen LogP contribution in [0, 0.1) is 0 Å². The van der Waals surface area contributed by atoms with Gasteiger partial charge >= 0.3 is 0 Å². The Bertz CT molecular complexity index is 968. The van der Waals surface area contributed by atoms with Crippen LogP contribution in [-0.2, 0) is 13.6 Å². The summed E-state index contributed by atoms with van der Waals surface area (Å²) in [6.45, 7) is 2.69. The third-order valence-corrected chi connectivity index (χ3v) is 5.06. The second kappa shape index (κ2) is 7.82. The first kappa shape index (κ1) is 18.2. The molecular weight excluding hydrogens is 352 g/mol. The smallest absolute Gasteiger partial charge is 0.255 e. The van der Waals surface area contributed by atoms with Gasteiger partial charge < -0.3 is 11.1 Å². The molecule has 3 aromatic rings. The summed E-state index contributed by atoms with van der Waals surface area (Å²) in [5.41, 5.74) is 9.39. The molecule has 1 saturated heterocycles. The third-order valence-electron chi connectivity index (χ3n) is 5.06. The highest BCUT2D eigenvalue weighted by Crippen LogP contribution is 2.22. The Labute approximate surface area is 164 Å². The molecular formula is C21H24N6O. The number of hydrogen-bond donors (Lipinski definition) is 2. The molecule has 2 aromatic heterocycles. The standard InChI is InChI=1S/C21H24N6O/c1-26-13-17(11-24-26)16-9-19(20(22)23-10-16)21(28)25-18-7-8-27(14-18)12-15-5-3-2-4-6-15/h2-6,9-11,13,18H,7-8,12,14H2,1H3,(H2,22,23)(H,25,28)/t18-/m1/s1. The van der Waals surface area contributed by atoms with Gasteiger partial charge in [0.05, 0.1) is 11.8 Å². The number of nitrogens with one attached hydrogen (secondary N) is 1. The Morgan fingerprint density at radius 2 is 2.07 bits per heavy atom. The van der Waals surface area contributed by atoms with Gasteiger partial charge in [-0.3, -0.25) is 14.4 Å². The molecule has 0 saturated carbocycles. The van der Waals surface area contributed by atoms with Gasteiger partial charge in [-0.2, -0.15) is 5.10 Å². The predicted molar refractivity (Wildman–Crippen MR) is 108 cm³/mol. The van der Waals surface area contributed by atoms with E-state index in [2.05, 4.69) is 44.6 Å². The van der Waals surface area contributed by atoms with Crippen LogP contribution in [0.3, 0.4) is 0 Å². The Balaban J connectivity index is 1.41. The quantitative estimate of drug-likeness (QED) is 0.712. The number of benzene rings is 1. The summed E-state index contributed by atoms with van der Waals surface area (Å²) in [4.78, 5) is 19.4. The highest BCUT2D eigenvalue weighted by atomic mass is 16.1. The van der Waals surface area contributed by atoms with E-state index in [1.54, 1.807) is 23.1 Å². The van der Waals surface area contributed by atoms with Crippen molar-refractivity contribution in [2.45, 2.75) is 19.0 Å². The van der Waals surface area contributed by atoms with Crippen LogP contribution in [0.2, 0.25) is 0 Å². The highest BCUT2D eigenvalue weighted by Gasteiger charge is 2.25. The zero-order valence-corrected chi connectivity index (χ0v) is 15.9. The minimum atomic E-state index is -0.178. The molecule has 1 atom stereocenters. The van der Waals surface area contributed by atoms with Crippen molar-refractivity contribution in [3.63, 3.8) is 0 Å². The van der Waals surface area contributed by atoms with Crippen LogP contribution < -0.4 is 11.1 Å². The lowest BCUT2D eigenvalue weighted by atomic mass is 10.1. The molecule has 3 N–H and O–H groups in total. The van der Waals surface area contributed by atoms with E-state index < -0.39 is 0 Å². The maximum Gasteiger partial charge on any atom is 0.255 e. The maximum absolute atomic E-state index is 12.8. The molecule has 1 aliphatic rings. The van der Waals surface area contributed by atoms with Gasteiger partial charge in [-0.15, -0.1) is 0 Å². The van der Waals surface area contributed by atoms with E-state index in [0.29, 0.717) is 5.56 Å². The van der Waals surface area contributed by atoms with Crippen molar-refractivity contribution in [2.75, 3.05) is 18.8 Å². The number of amides is 1. The summed E-state index contributed by atoms with van der Waals surface area (Å²) < 4.78 is 1.71. The number of nitrogen functional groups attached to an aromatic ring is 1. The first-order valence-corrected chi connectivity index (χ1v) is 9.40. The zero-order chi connectivity index (χ0) is 19.5. The molecule has 3 heterocycles. The Morgan fingerprint density at radius 1 is 1.25 bits per heavy atom. The van der Waals surface area contributed by atoms with Gasteiger partial charge in [-0.1, -0.05) is 30.3 Å². The van der Waals surface area contributed by atoms with Crippen LogP contribution in [0.25, 0.3) is 11.1 Å². The van der Waals surface area contributed by atoms with E-state index in [0.717, 1.165) is 37.2 Å². The van der Waals surface area contributed by atoms with Crippen molar-refractivity contribution in [1.29, 1.82) is 0 Å². The average Bonchev–Trinajstić information content (AvgIpc) is 3.32. The van der Waals surface area contributed by atoms with Crippen molar-refractivity contribution >= 4 is 11.7 Å². The molecule has 1 amide bonds. The average molecular weight is 376 g/mol. The number of likely N-dealkylation sites (tertiary alicyclic amines) is 1. The molecule has 0 spiro atoms. The Hall–Kier alpha value is -3.19. The molecule has 0 aliphatic carbocycles. The summed E-state index contributed by atoms with van der Waals surface area (Å²) in [5.74, 6) is 0.0616. The summed E-state index contributed by atoms with van der Waals surface area (Å²) in [6, 6.07) is 12.3. The van der Waals surface area contributed by atoms with E-state index in [1.807, 2.05) is 19.3 Å². The second-order valence-corrected chi connectivity index (χ2v) is 7.24. The van der Waals surface area contributed by atoms with E-state index in [1.165, 1.54) is 5.56 Å². The normalized spacial score (nSPS) is 17.0. The summed E-state index contributed by atoms with van der Waals surface area (Å²) in [6.07, 6.45) is 6.22. The zero-order valence-electron chi connectivity index (χ0n) is 15.9. The van der Waals surface area contributed by atoms with Crippen molar-refractivity contribution in [1.82, 2.24) is 25.0 Å². The van der Waals surface area contributed by atoms with Gasteiger partial charge in [0.25, 0.3) is 5.91 Å². The first-order chi connectivity index (χ1) is 13.6. The fourth-order valence-corrected chi connectivity index (χ4v) is 3.58. The monoisotopic (exact) mass is 376 g/mol. The largest absolute Gasteiger partial charge is 0.383 e. The number of pyridine rings is 1. The van der Waals surface area contributed by atoms with E-state index in [9.17, 15) is 4.79 Å². The second-order valence-electron chi connectivity index (χ2n) is 7.24. The van der Waals surface area contributed by atoms with E-state index in [4.69, 9.17) is 5.73 Å². The topological polar surface area (TPSA) is 89.1 Å². The van der Waals surface area contributed by atoms with Crippen LogP contribution in [0.1, 0.15) is 22.3 Å². The third kappa shape index (κ3) is 4.04. The van der Waals surface area contributed by atoms with Crippen molar-refractivity contribution in [2.24, 2.45) is 7.05 Å². The minimum Gasteiger partial charge on any atom is -0.383 e. The van der Waals surface area contributed by atoms with E-state index >= 15 is 0 Å². The number of aryl methyl sites for hydroxylation is 1. The van der Waals surface area contributed by atoms with Crippen LogP contribution in [0.15, 0.2) is 55.0 Å². The number of carbonyl (C=O) groups is 1. The number of nitrogens with zero attached hydrogens (tertiary/aromatic N) is 4. The predicted octanol–water partition coefficient (Wildman–Crippen LogP) is 2.07. The molecule has 1 aliphatic heterocycles. The summed E-state index contributed by atoms with van der Waals surface area (Å²) in [5, 5.41) is 7.28. The van der Waals surface area contributed by atoms with Gasteiger partial charge in [0, 0.05) is 56.2 Å². The molecule has 7 heteroatoms. The number of anilines is 1. The summed E-state index contributed by atoms with van der Waals surface area (Å²) >= 11 is 0. The van der Waals surface area contributed by atoms with Gasteiger partial charge in [0.2, 0.25) is 0 Å². The maximum atomic E-state index is 12.8. The lowest BCUT2D eigenvalue weighted by Gasteiger charge is -2.17. The van der Waals surface area contributed by atoms with Gasteiger partial charge in [0.15, 0.2) is 0 Å². The van der Waals surface area contributed by atoms with Crippen molar-refractivity contribution in [3.8, 4) is 11.1 Å². The van der Waals surface area contributed by atoms with Crippen LogP contribution in [0.4, 0.5) is 5.82 Å². The van der Waals surface area contributed by atoms with Crippen LogP contribution in [0.5, 0.6) is 0 Å². The minimum absolute atomic E-state index is 0.109. The van der Waals surface area contributed by atoms with Crippen LogP contribution in [-0.4, -0.2) is 44.7 Å². The van der Waals surface area contributed by atoms with Gasteiger partial charge in [0.1, 0.15) is 5.82 Å². The lowest BCUT2D eigenvalue weighted by molar-refractivity contribution is 0.0938. The number of aromatic nitrogens is 3. The molecule has 1 fully saturated rings. The fraction of sp³-hybridized carbons (Fsp3) is 0.286. The lowest BCUT2D eigenvalue weighted by Crippen LogP contribution is -2.37. The first-order valence-electron chi connectivity index (χ1n) is 9.40. The highest BCUT2D eigenvalue weighted by molar-refractivity contribution is 5.99. The van der Waals surface area contributed by atoms with Gasteiger partial charge in [-0.25, -0.2) is 4.98 Å². The van der Waals surface area contributed by atoms with E-state index in [-0.39, 0.29) is 17.8 Å². The summed E-state index contributed by atoms with van der Waals surface area (Å²) in [7, 11) is 1.85. The van der Waals surface area contributed by atoms with Gasteiger partial charge in [-0.05, 0) is 18.1 Å². The Kier molecular flexibility index (Phi) is 5.08. The molecule has 4 rings (SSSR count). The number of hydrogen-bond acceptors (Lipinski definition) is 5. The molecule has 144 valence electrons. The SMILES string of the molecule is Cn1cc(-c2cnc(N)c(C(=O)N[C@@H]3CCN(Cc4ccccc4)C3)c2)cn1. The molecule has 7 nitrogen and oxygen atoms in total. The molecule has 1 aromatic carbocycles. The fourth-order valence-electron chi connectivity index (χ4n) is 3.58. The van der Waals surface area contributed by atoms with Crippen molar-refractivity contribution in [3.05, 3.63) is 66.1 Å².